The summed E-state index contributed by atoms with van der Waals surface area (Å²) in [7, 11) is 1.53. The molecular formula is C29H31N5O8S2. The number of thioether (sulfide) groups is 1. The molecule has 0 saturated carbocycles. The number of thiophene rings is 1. The monoisotopic (exact) mass is 641 g/mol. The van der Waals surface area contributed by atoms with Crippen LogP contribution in [0.15, 0.2) is 52.2 Å². The van der Waals surface area contributed by atoms with Crippen molar-refractivity contribution < 1.29 is 37.8 Å². The average molecular weight is 642 g/mol. The minimum Gasteiger partial charge on any atom is -0.495 e. The van der Waals surface area contributed by atoms with Crippen molar-refractivity contribution in [1.82, 2.24) is 20.1 Å². The normalized spacial score (nSPS) is 11.5. The average Bonchev–Trinajstić information content (AvgIpc) is 3.76. The molecule has 0 fully saturated rings. The highest BCUT2D eigenvalue weighted by atomic mass is 32.2. The molecule has 1 aromatic carbocycles. The van der Waals surface area contributed by atoms with Gasteiger partial charge < -0.3 is 29.3 Å². The van der Waals surface area contributed by atoms with E-state index in [1.165, 1.54) is 13.4 Å². The van der Waals surface area contributed by atoms with Crippen LogP contribution in [0.25, 0.3) is 5.69 Å². The maximum Gasteiger partial charge on any atom is 0.348 e. The van der Waals surface area contributed by atoms with Gasteiger partial charge in [-0.1, -0.05) is 23.9 Å². The summed E-state index contributed by atoms with van der Waals surface area (Å²) in [6.07, 6.45) is 1.40. The summed E-state index contributed by atoms with van der Waals surface area (Å²) in [6, 6.07) is 10.3. The van der Waals surface area contributed by atoms with Crippen LogP contribution in [0.1, 0.15) is 62.7 Å². The number of benzene rings is 1. The predicted octanol–water partition coefficient (Wildman–Crippen LogP) is 4.64. The molecule has 4 aromatic rings. The van der Waals surface area contributed by atoms with Crippen molar-refractivity contribution in [1.29, 1.82) is 0 Å². The number of nitrogens with zero attached hydrogens (tertiary/aromatic N) is 3. The zero-order chi connectivity index (χ0) is 31.8. The first-order valence-corrected chi connectivity index (χ1v) is 15.2. The first-order valence-electron chi connectivity index (χ1n) is 13.5. The Morgan fingerprint density at radius 3 is 2.45 bits per heavy atom. The third-order valence-electron chi connectivity index (χ3n) is 6.15. The van der Waals surface area contributed by atoms with E-state index in [1.807, 2.05) is 12.1 Å². The number of furan rings is 1. The Hall–Kier alpha value is -4.63. The van der Waals surface area contributed by atoms with Crippen LogP contribution in [0, 0.1) is 6.92 Å². The van der Waals surface area contributed by atoms with E-state index in [9.17, 15) is 19.2 Å². The van der Waals surface area contributed by atoms with Gasteiger partial charge in [0.25, 0.3) is 5.91 Å². The molecule has 3 heterocycles. The van der Waals surface area contributed by atoms with Crippen molar-refractivity contribution in [2.45, 2.75) is 44.6 Å². The Bertz CT molecular complexity index is 1650. The molecule has 13 nitrogen and oxygen atoms in total. The summed E-state index contributed by atoms with van der Waals surface area (Å²) in [5.74, 6) is -1.11. The Labute approximate surface area is 261 Å². The van der Waals surface area contributed by atoms with Crippen molar-refractivity contribution in [2.24, 2.45) is 0 Å². The lowest BCUT2D eigenvalue weighted by Crippen LogP contribution is -2.25. The first-order chi connectivity index (χ1) is 21.2. The summed E-state index contributed by atoms with van der Waals surface area (Å²) >= 11 is 2.05. The number of hydrogen-bond donors (Lipinski definition) is 2. The highest BCUT2D eigenvalue weighted by Gasteiger charge is 2.29. The second-order valence-electron chi connectivity index (χ2n) is 9.02. The molecule has 15 heteroatoms. The van der Waals surface area contributed by atoms with Gasteiger partial charge in [-0.15, -0.1) is 21.5 Å². The van der Waals surface area contributed by atoms with Crippen LogP contribution in [0.4, 0.5) is 5.00 Å². The molecule has 44 heavy (non-hydrogen) atoms. The summed E-state index contributed by atoms with van der Waals surface area (Å²) < 4.78 is 22.7. The number of aromatic nitrogens is 3. The maximum absolute atomic E-state index is 13.4. The molecule has 0 radical (unpaired) electrons. The molecule has 1 atom stereocenters. The Morgan fingerprint density at radius 2 is 1.77 bits per heavy atom. The lowest BCUT2D eigenvalue weighted by atomic mass is 10.1. The molecule has 0 aliphatic heterocycles. The molecule has 3 aromatic heterocycles. The van der Waals surface area contributed by atoms with Crippen LogP contribution in [0.5, 0.6) is 5.75 Å². The molecule has 0 unspecified atom stereocenters. The van der Waals surface area contributed by atoms with E-state index in [0.717, 1.165) is 23.1 Å². The summed E-state index contributed by atoms with van der Waals surface area (Å²) in [5, 5.41) is 13.9. The van der Waals surface area contributed by atoms with Gasteiger partial charge in [0.05, 0.1) is 49.6 Å². The zero-order valence-corrected chi connectivity index (χ0v) is 26.3. The van der Waals surface area contributed by atoms with Gasteiger partial charge in [0.15, 0.2) is 16.7 Å². The number of carbonyl (C=O) groups is 4. The Morgan fingerprint density at radius 1 is 1.05 bits per heavy atom. The van der Waals surface area contributed by atoms with Crippen molar-refractivity contribution in [3.63, 3.8) is 0 Å². The van der Waals surface area contributed by atoms with Gasteiger partial charge in [-0.3, -0.25) is 14.2 Å². The van der Waals surface area contributed by atoms with Crippen LogP contribution in [-0.4, -0.2) is 64.1 Å². The van der Waals surface area contributed by atoms with Crippen LogP contribution < -0.4 is 15.4 Å². The number of carbonyl (C=O) groups excluding carboxylic acids is 4. The van der Waals surface area contributed by atoms with Crippen molar-refractivity contribution in [2.75, 3.05) is 25.6 Å². The van der Waals surface area contributed by atoms with E-state index in [2.05, 4.69) is 20.8 Å². The van der Waals surface area contributed by atoms with E-state index < -0.39 is 29.0 Å². The number of esters is 2. The largest absolute Gasteiger partial charge is 0.495 e. The van der Waals surface area contributed by atoms with Crippen LogP contribution in [0.2, 0.25) is 0 Å². The molecule has 0 aliphatic rings. The van der Waals surface area contributed by atoms with E-state index in [0.29, 0.717) is 28.0 Å². The molecule has 232 valence electrons. The summed E-state index contributed by atoms with van der Waals surface area (Å²) in [6.45, 7) is 6.88. The topological polar surface area (TPSA) is 164 Å². The minimum absolute atomic E-state index is 0.000270. The van der Waals surface area contributed by atoms with Gasteiger partial charge in [-0.2, -0.15) is 0 Å². The second kappa shape index (κ2) is 14.7. The van der Waals surface area contributed by atoms with Crippen molar-refractivity contribution in [3.05, 3.63) is 70.3 Å². The molecular weight excluding hydrogens is 610 g/mol. The van der Waals surface area contributed by atoms with Gasteiger partial charge in [0.2, 0.25) is 5.91 Å². The second-order valence-corrected chi connectivity index (χ2v) is 11.3. The fraction of sp³-hybridized carbons (Fsp3) is 0.310. The number of para-hydroxylation sites is 2. The zero-order valence-electron chi connectivity index (χ0n) is 24.7. The molecule has 4 rings (SSSR count). The highest BCUT2D eigenvalue weighted by Crippen LogP contribution is 2.36. The molecule has 0 aliphatic carbocycles. The van der Waals surface area contributed by atoms with Gasteiger partial charge >= 0.3 is 11.9 Å². The van der Waals surface area contributed by atoms with Crippen LogP contribution in [-0.2, 0) is 20.8 Å². The van der Waals surface area contributed by atoms with Crippen LogP contribution >= 0.6 is 23.1 Å². The highest BCUT2D eigenvalue weighted by molar-refractivity contribution is 8.00. The standard InChI is InChI=1S/C29H31N5O8S2/c1-6-40-27(37)22-16(3)23(28(38)41-7-2)44-26(22)31-24(35)17(4)43-29-33-32-21(15-30-25(36)20-13-10-14-42-20)34(29)18-11-8-9-12-19(18)39-5/h8-14,17H,6-7,15H2,1-5H3,(H,30,36)(H,31,35)/t17-/m0/s1. The first kappa shape index (κ1) is 32.3. The third kappa shape index (κ3) is 7.11. The molecule has 0 saturated heterocycles. The lowest BCUT2D eigenvalue weighted by Gasteiger charge is -2.16. The summed E-state index contributed by atoms with van der Waals surface area (Å²) in [4.78, 5) is 51.5. The molecule has 2 N–H and O–H groups in total. The third-order valence-corrected chi connectivity index (χ3v) is 8.38. The number of rotatable bonds is 13. The lowest BCUT2D eigenvalue weighted by molar-refractivity contribution is -0.115. The number of anilines is 1. The summed E-state index contributed by atoms with van der Waals surface area (Å²) in [5.41, 5.74) is 1.05. The maximum atomic E-state index is 13.4. The minimum atomic E-state index is -0.748. The number of amides is 2. The van der Waals surface area contributed by atoms with Gasteiger partial charge in [0.1, 0.15) is 15.6 Å². The number of ether oxygens (including phenoxy) is 3. The molecule has 0 bridgehead atoms. The van der Waals surface area contributed by atoms with E-state index in [4.69, 9.17) is 18.6 Å². The van der Waals surface area contributed by atoms with E-state index in [-0.39, 0.29) is 41.0 Å². The van der Waals surface area contributed by atoms with Crippen molar-refractivity contribution in [3.8, 4) is 11.4 Å². The van der Waals surface area contributed by atoms with Crippen LogP contribution in [0.3, 0.4) is 0 Å². The quantitative estimate of drug-likeness (QED) is 0.154. The Balaban J connectivity index is 1.61. The number of methoxy groups -OCH3 is 1. The van der Waals surface area contributed by atoms with Gasteiger partial charge in [-0.05, 0) is 57.5 Å². The smallest absolute Gasteiger partial charge is 0.348 e. The number of nitrogens with one attached hydrogen (secondary N) is 2. The van der Waals surface area contributed by atoms with E-state index in [1.54, 1.807) is 56.5 Å². The SMILES string of the molecule is CCOC(=O)c1sc(NC(=O)[C@H](C)Sc2nnc(CNC(=O)c3ccco3)n2-c2ccccc2OC)c(C(=O)OCC)c1C. The van der Waals surface area contributed by atoms with E-state index >= 15 is 0 Å². The predicted molar refractivity (Wildman–Crippen MR) is 163 cm³/mol. The van der Waals surface area contributed by atoms with Gasteiger partial charge in [-0.25, -0.2) is 9.59 Å². The Kier molecular flexibility index (Phi) is 10.8. The molecule has 2 amide bonds. The number of hydrogen-bond acceptors (Lipinski definition) is 12. The molecule has 0 spiro atoms. The fourth-order valence-electron chi connectivity index (χ4n) is 4.07. The van der Waals surface area contributed by atoms with Gasteiger partial charge in [0, 0.05) is 0 Å². The fourth-order valence-corrected chi connectivity index (χ4v) is 6.04. The van der Waals surface area contributed by atoms with Crippen molar-refractivity contribution >= 4 is 51.9 Å².